The lowest BCUT2D eigenvalue weighted by molar-refractivity contribution is 0.591. The Morgan fingerprint density at radius 2 is 0.438 bits per heavy atom. The molecule has 0 bridgehead atoms. The van der Waals surface area contributed by atoms with E-state index in [1.54, 1.807) is 0 Å². The van der Waals surface area contributed by atoms with Crippen LogP contribution in [0.1, 0.15) is 52.7 Å². The molecule has 0 saturated heterocycles. The molecule has 0 aliphatic rings. The summed E-state index contributed by atoms with van der Waals surface area (Å²) in [6.07, 6.45) is 0. The second-order valence-electron chi connectivity index (χ2n) is 16.1. The highest BCUT2D eigenvalue weighted by Gasteiger charge is 2.27. The molecule has 10 aromatic rings. The highest BCUT2D eigenvalue weighted by molar-refractivity contribution is 6.49. The molecule has 0 atom stereocenters. The first-order valence-electron chi connectivity index (χ1n) is 17.4. The van der Waals surface area contributed by atoms with Gasteiger partial charge in [0.25, 0.3) is 0 Å². The summed E-state index contributed by atoms with van der Waals surface area (Å²) in [5.41, 5.74) is 2.70. The molecule has 10 rings (SSSR count). The molecule has 0 unspecified atom stereocenters. The van der Waals surface area contributed by atoms with Gasteiger partial charge in [0.15, 0.2) is 0 Å². The van der Waals surface area contributed by atoms with Gasteiger partial charge in [0.1, 0.15) is 0 Å². The minimum Gasteiger partial charge on any atom is -0.0616 e. The van der Waals surface area contributed by atoms with E-state index in [1.807, 2.05) is 0 Å². The quantitative estimate of drug-likeness (QED) is 0.118. The van der Waals surface area contributed by atoms with Crippen LogP contribution in [0.4, 0.5) is 0 Å². The summed E-state index contributed by atoms with van der Waals surface area (Å²) < 4.78 is 0. The van der Waals surface area contributed by atoms with Crippen LogP contribution in [0.25, 0.3) is 97.0 Å². The van der Waals surface area contributed by atoms with Crippen molar-refractivity contribution in [1.82, 2.24) is 0 Å². The van der Waals surface area contributed by atoms with Crippen molar-refractivity contribution in [2.24, 2.45) is 0 Å². The van der Waals surface area contributed by atoms with Crippen molar-refractivity contribution in [3.63, 3.8) is 0 Å². The topological polar surface area (TPSA) is 0 Å². The van der Waals surface area contributed by atoms with Gasteiger partial charge in [-0.1, -0.05) is 139 Å². The first-order chi connectivity index (χ1) is 23.1. The molecule has 0 radical (unpaired) electrons. The van der Waals surface area contributed by atoms with E-state index in [0.717, 1.165) is 0 Å². The normalized spacial score (nSPS) is 13.2. The molecule has 230 valence electrons. The maximum Gasteiger partial charge on any atom is -0.00132 e. The minimum atomic E-state index is -0.0260. The monoisotopic (exact) mass is 614 g/mol. The van der Waals surface area contributed by atoms with Crippen molar-refractivity contribution >= 4 is 97.0 Å². The van der Waals surface area contributed by atoms with Gasteiger partial charge in [0.2, 0.25) is 0 Å². The van der Waals surface area contributed by atoms with E-state index >= 15 is 0 Å². The maximum atomic E-state index is 2.54. The number of hydrogen-bond donors (Lipinski definition) is 0. The molecule has 0 heteroatoms. The zero-order valence-electron chi connectivity index (χ0n) is 28.5. The highest BCUT2D eigenvalue weighted by Crippen LogP contribution is 2.53. The summed E-state index contributed by atoms with van der Waals surface area (Å²) >= 11 is 0. The molecule has 0 aliphatic heterocycles. The molecule has 0 aromatic heterocycles. The Balaban J connectivity index is 1.68. The smallest absolute Gasteiger partial charge is 0.00132 e. The van der Waals surface area contributed by atoms with Crippen molar-refractivity contribution in [1.29, 1.82) is 0 Å². The molecule has 0 N–H and O–H groups in total. The van der Waals surface area contributed by atoms with Crippen molar-refractivity contribution < 1.29 is 0 Å². The largest absolute Gasteiger partial charge is 0.0616 e. The number of rotatable bonds is 0. The fourth-order valence-corrected chi connectivity index (χ4v) is 8.88. The van der Waals surface area contributed by atoms with Gasteiger partial charge >= 0.3 is 0 Å². The average Bonchev–Trinajstić information content (AvgIpc) is 3.09. The fourth-order valence-electron chi connectivity index (χ4n) is 8.88. The number of hydrogen-bond acceptors (Lipinski definition) is 0. The molecular formula is C48H38. The van der Waals surface area contributed by atoms with E-state index in [9.17, 15) is 0 Å². The number of benzene rings is 10. The summed E-state index contributed by atoms with van der Waals surface area (Å²) in [7, 11) is 0. The van der Waals surface area contributed by atoms with Gasteiger partial charge in [-0.25, -0.2) is 0 Å². The fraction of sp³-hybridized carbons (Fsp3) is 0.167. The van der Waals surface area contributed by atoms with E-state index in [1.165, 1.54) is 108 Å². The summed E-state index contributed by atoms with van der Waals surface area (Å²) in [5.74, 6) is 0. The molecular weight excluding hydrogens is 577 g/mol. The van der Waals surface area contributed by atoms with Crippen molar-refractivity contribution in [2.45, 2.75) is 52.4 Å². The van der Waals surface area contributed by atoms with Crippen LogP contribution >= 0.6 is 0 Å². The van der Waals surface area contributed by atoms with Gasteiger partial charge in [0.05, 0.1) is 0 Å². The van der Waals surface area contributed by atoms with Crippen molar-refractivity contribution in [2.75, 3.05) is 0 Å². The standard InChI is InChI=1S/C48H38/c1-47(2,3)27-23-37-41-33-19-11-7-15-29(33)31-17-9-13-21-35(31)43(41)39-25-28(48(4,5)6)26-40-44-36-22-14-10-18-32(36)30-16-8-12-20-34(30)42(44)38(24-27)45(37)46(39)40/h7-26H,1-6H3. The highest BCUT2D eigenvalue weighted by atomic mass is 14.3. The van der Waals surface area contributed by atoms with Gasteiger partial charge in [-0.2, -0.15) is 0 Å². The lowest BCUT2D eigenvalue weighted by Gasteiger charge is -2.27. The van der Waals surface area contributed by atoms with Gasteiger partial charge in [-0.15, -0.1) is 0 Å². The Bertz CT molecular complexity index is 2600. The molecule has 0 aliphatic carbocycles. The number of fused-ring (bicyclic) bond motifs is 16. The lowest BCUT2D eigenvalue weighted by Crippen LogP contribution is -2.12. The third kappa shape index (κ3) is 3.56. The zero-order chi connectivity index (χ0) is 32.7. The van der Waals surface area contributed by atoms with Crippen LogP contribution in [0.3, 0.4) is 0 Å². The SMILES string of the molecule is CC(C)(C)c1cc2c3c4ccccc4c4ccccc4c3c3cc(C(C)(C)C)cc4c5c6ccccc6c6ccccc6c5c(c1)c2c34. The summed E-state index contributed by atoms with van der Waals surface area (Å²) in [4.78, 5) is 0. The summed E-state index contributed by atoms with van der Waals surface area (Å²) in [6, 6.07) is 46.5. The van der Waals surface area contributed by atoms with Crippen molar-refractivity contribution in [3.8, 4) is 0 Å². The second-order valence-corrected chi connectivity index (χ2v) is 16.1. The second kappa shape index (κ2) is 9.24. The van der Waals surface area contributed by atoms with Crippen LogP contribution in [0, 0.1) is 0 Å². The van der Waals surface area contributed by atoms with Gasteiger partial charge < -0.3 is 0 Å². The maximum absolute atomic E-state index is 2.54. The van der Waals surface area contributed by atoms with Crippen molar-refractivity contribution in [3.05, 3.63) is 132 Å². The summed E-state index contributed by atoms with van der Waals surface area (Å²) in [5, 5.41) is 24.4. The van der Waals surface area contributed by atoms with Crippen LogP contribution in [-0.2, 0) is 10.8 Å². The summed E-state index contributed by atoms with van der Waals surface area (Å²) in [6.45, 7) is 14.2. The van der Waals surface area contributed by atoms with Gasteiger partial charge in [-0.3, -0.25) is 0 Å². The Hall–Kier alpha value is -5.20. The Morgan fingerprint density at radius 1 is 0.250 bits per heavy atom. The predicted molar refractivity (Wildman–Crippen MR) is 213 cm³/mol. The molecule has 0 amide bonds. The van der Waals surface area contributed by atoms with Crippen LogP contribution < -0.4 is 0 Å². The Morgan fingerprint density at radius 3 is 0.646 bits per heavy atom. The lowest BCUT2D eigenvalue weighted by atomic mass is 9.76. The van der Waals surface area contributed by atoms with Crippen LogP contribution in [0.15, 0.2) is 121 Å². The predicted octanol–water partition coefficient (Wildman–Crippen LogP) is 14.1. The Kier molecular flexibility index (Phi) is 5.36. The van der Waals surface area contributed by atoms with Gasteiger partial charge in [-0.05, 0) is 143 Å². The molecule has 0 nitrogen and oxygen atoms in total. The Labute approximate surface area is 280 Å². The molecule has 0 saturated carbocycles. The van der Waals surface area contributed by atoms with Crippen LogP contribution in [0.5, 0.6) is 0 Å². The first kappa shape index (κ1) is 27.9. The third-order valence-corrected chi connectivity index (χ3v) is 11.2. The third-order valence-electron chi connectivity index (χ3n) is 11.2. The zero-order valence-corrected chi connectivity index (χ0v) is 28.5. The van der Waals surface area contributed by atoms with Crippen LogP contribution in [0.2, 0.25) is 0 Å². The van der Waals surface area contributed by atoms with E-state index < -0.39 is 0 Å². The molecule has 48 heavy (non-hydrogen) atoms. The molecule has 10 aromatic carbocycles. The van der Waals surface area contributed by atoms with E-state index in [4.69, 9.17) is 0 Å². The van der Waals surface area contributed by atoms with E-state index in [0.29, 0.717) is 0 Å². The molecule has 0 heterocycles. The van der Waals surface area contributed by atoms with E-state index in [2.05, 4.69) is 163 Å². The molecule has 0 fully saturated rings. The first-order valence-corrected chi connectivity index (χ1v) is 17.4. The van der Waals surface area contributed by atoms with E-state index in [-0.39, 0.29) is 10.8 Å². The minimum absolute atomic E-state index is 0.0260. The van der Waals surface area contributed by atoms with Crippen LogP contribution in [-0.4, -0.2) is 0 Å². The molecule has 0 spiro atoms. The van der Waals surface area contributed by atoms with Gasteiger partial charge in [0, 0.05) is 0 Å². The average molecular weight is 615 g/mol.